The molecule has 186 valence electrons. The van der Waals surface area contributed by atoms with Gasteiger partial charge in [-0.05, 0) is 52.7 Å². The minimum Gasteiger partial charge on any atom is -0.466 e. The number of amides is 3. The molecule has 1 aromatic rings. The van der Waals surface area contributed by atoms with Gasteiger partial charge in [-0.1, -0.05) is 18.2 Å². The van der Waals surface area contributed by atoms with Crippen LogP contribution in [0.4, 0.5) is 15.3 Å². The average Bonchev–Trinajstić information content (AvgIpc) is 3.41. The van der Waals surface area contributed by atoms with E-state index < -0.39 is 59.0 Å². The first-order valence-corrected chi connectivity index (χ1v) is 11.5. The molecule has 0 radical (unpaired) electrons. The molecule has 2 fully saturated rings. The Hall–Kier alpha value is -3.30. The number of rotatable bonds is 7. The summed E-state index contributed by atoms with van der Waals surface area (Å²) in [5.41, 5.74) is -1.74. The van der Waals surface area contributed by atoms with Gasteiger partial charge in [0.1, 0.15) is 11.1 Å². The van der Waals surface area contributed by atoms with E-state index in [9.17, 15) is 19.2 Å². The van der Waals surface area contributed by atoms with Gasteiger partial charge < -0.3 is 30.2 Å². The summed E-state index contributed by atoms with van der Waals surface area (Å²) in [5, 5.41) is 8.29. The Kier molecular flexibility index (Phi) is 7.38. The minimum absolute atomic E-state index is 0.0541. The third-order valence-corrected chi connectivity index (χ3v) is 5.92. The van der Waals surface area contributed by atoms with Crippen LogP contribution in [0.5, 0.6) is 0 Å². The van der Waals surface area contributed by atoms with Crippen LogP contribution in [0.1, 0.15) is 41.0 Å². The van der Waals surface area contributed by atoms with E-state index >= 15 is 0 Å². The van der Waals surface area contributed by atoms with E-state index in [0.29, 0.717) is 5.69 Å². The van der Waals surface area contributed by atoms with E-state index in [0.717, 1.165) is 0 Å². The molecule has 2 saturated carbocycles. The molecule has 0 aromatic heterocycles. The van der Waals surface area contributed by atoms with Crippen LogP contribution in [0.25, 0.3) is 0 Å². The largest absolute Gasteiger partial charge is 0.466 e. The maximum Gasteiger partial charge on any atom is 0.408 e. The molecule has 2 aliphatic carbocycles. The molecule has 3 rings (SSSR count). The normalized spacial score (nSPS) is 27.1. The Bertz CT molecular complexity index is 930. The molecule has 0 bridgehead atoms. The average molecular weight is 476 g/mol. The van der Waals surface area contributed by atoms with Gasteiger partial charge in [-0.25, -0.2) is 14.4 Å². The van der Waals surface area contributed by atoms with Gasteiger partial charge in [-0.3, -0.25) is 4.79 Å². The summed E-state index contributed by atoms with van der Waals surface area (Å²) in [6.45, 7) is 8.73. The number of anilines is 1. The van der Waals surface area contributed by atoms with Crippen molar-refractivity contribution in [1.29, 1.82) is 0 Å². The molecular weight excluding hydrogens is 442 g/mol. The molecule has 1 aromatic carbocycles. The van der Waals surface area contributed by atoms with Crippen LogP contribution in [0.15, 0.2) is 30.3 Å². The SMILES string of the molecule is CCOC(=O)C1C2C(NC(=O)Nc3ccccc3)CC(NC(=O)OC(C)(C)C)(C(=O)OCC)C12. The standard InChI is InChI=1S/C24H33N3O7/c1-6-32-19(28)17-16-15(26-21(30)25-14-11-9-8-10-12-14)13-24(18(16)17,20(29)33-7-2)27-22(31)34-23(3,4)5/h8-12,15-18H,6-7,13H2,1-5H3,(H,27,31)(H2,25,26,30). The molecule has 34 heavy (non-hydrogen) atoms. The fraction of sp³-hybridized carbons (Fsp3) is 0.583. The third-order valence-electron chi connectivity index (χ3n) is 5.92. The number of hydrogen-bond acceptors (Lipinski definition) is 7. The molecular formula is C24H33N3O7. The number of hydrogen-bond donors (Lipinski definition) is 3. The zero-order valence-corrected chi connectivity index (χ0v) is 20.2. The first-order valence-electron chi connectivity index (χ1n) is 11.5. The lowest BCUT2D eigenvalue weighted by molar-refractivity contribution is -0.153. The second-order valence-electron chi connectivity index (χ2n) is 9.47. The Balaban J connectivity index is 1.86. The van der Waals surface area contributed by atoms with Crippen LogP contribution in [-0.2, 0) is 23.8 Å². The van der Waals surface area contributed by atoms with Crippen LogP contribution in [-0.4, -0.2) is 54.5 Å². The lowest BCUT2D eigenvalue weighted by atomic mass is 9.89. The lowest BCUT2D eigenvalue weighted by Gasteiger charge is -2.33. The first-order chi connectivity index (χ1) is 16.0. The van der Waals surface area contributed by atoms with Gasteiger partial charge in [0.2, 0.25) is 0 Å². The second kappa shape index (κ2) is 9.90. The molecule has 2 aliphatic rings. The quantitative estimate of drug-likeness (QED) is 0.408. The molecule has 3 amide bonds. The number of ether oxygens (including phenoxy) is 3. The Labute approximate surface area is 199 Å². The van der Waals surface area contributed by atoms with Gasteiger partial charge in [0.25, 0.3) is 0 Å². The van der Waals surface area contributed by atoms with E-state index in [1.54, 1.807) is 58.9 Å². The molecule has 0 saturated heterocycles. The maximum atomic E-state index is 13.2. The van der Waals surface area contributed by atoms with Gasteiger partial charge >= 0.3 is 24.1 Å². The van der Waals surface area contributed by atoms with Crippen LogP contribution < -0.4 is 16.0 Å². The number of carbonyl (C=O) groups excluding carboxylic acids is 4. The summed E-state index contributed by atoms with van der Waals surface area (Å²) in [5.74, 6) is -2.82. The number of esters is 2. The van der Waals surface area contributed by atoms with Crippen molar-refractivity contribution in [1.82, 2.24) is 10.6 Å². The van der Waals surface area contributed by atoms with Gasteiger partial charge in [-0.2, -0.15) is 0 Å². The molecule has 0 aliphatic heterocycles. The minimum atomic E-state index is -1.54. The number of carbonyl (C=O) groups is 4. The molecule has 10 heteroatoms. The Morgan fingerprint density at radius 1 is 1.03 bits per heavy atom. The molecule has 5 unspecified atom stereocenters. The third kappa shape index (κ3) is 5.43. The summed E-state index contributed by atoms with van der Waals surface area (Å²) in [7, 11) is 0. The van der Waals surface area contributed by atoms with Crippen molar-refractivity contribution >= 4 is 29.8 Å². The number of para-hydroxylation sites is 1. The predicted octanol–water partition coefficient (Wildman–Crippen LogP) is 2.83. The zero-order valence-electron chi connectivity index (χ0n) is 20.2. The highest BCUT2D eigenvalue weighted by atomic mass is 16.6. The highest BCUT2D eigenvalue weighted by Crippen LogP contribution is 2.63. The summed E-state index contributed by atoms with van der Waals surface area (Å²) in [4.78, 5) is 51.3. The van der Waals surface area contributed by atoms with Crippen LogP contribution in [0.2, 0.25) is 0 Å². The number of alkyl carbamates (subject to hydrolysis) is 1. The predicted molar refractivity (Wildman–Crippen MR) is 123 cm³/mol. The van der Waals surface area contributed by atoms with Crippen LogP contribution in [0, 0.1) is 17.8 Å². The molecule has 5 atom stereocenters. The fourth-order valence-corrected chi connectivity index (χ4v) is 4.79. The molecule has 0 spiro atoms. The lowest BCUT2D eigenvalue weighted by Crippen LogP contribution is -2.59. The summed E-state index contributed by atoms with van der Waals surface area (Å²) < 4.78 is 15.9. The van der Waals surface area contributed by atoms with Crippen LogP contribution in [0.3, 0.4) is 0 Å². The number of urea groups is 1. The summed E-state index contributed by atoms with van der Waals surface area (Å²) in [6.07, 6.45) is -0.749. The summed E-state index contributed by atoms with van der Waals surface area (Å²) in [6, 6.07) is 7.81. The van der Waals surface area contributed by atoms with E-state index in [2.05, 4.69) is 16.0 Å². The van der Waals surface area contributed by atoms with Crippen molar-refractivity contribution in [2.24, 2.45) is 17.8 Å². The van der Waals surface area contributed by atoms with Gasteiger partial charge in [0, 0.05) is 24.1 Å². The number of fused-ring (bicyclic) bond motifs is 1. The van der Waals surface area contributed by atoms with Crippen molar-refractivity contribution in [3.63, 3.8) is 0 Å². The summed E-state index contributed by atoms with van der Waals surface area (Å²) >= 11 is 0. The van der Waals surface area contributed by atoms with E-state index in [1.807, 2.05) is 6.07 Å². The van der Waals surface area contributed by atoms with E-state index in [-0.39, 0.29) is 19.6 Å². The molecule has 3 N–H and O–H groups in total. The zero-order chi connectivity index (χ0) is 25.1. The number of nitrogens with one attached hydrogen (secondary N) is 3. The van der Waals surface area contributed by atoms with Crippen molar-refractivity contribution < 1.29 is 33.4 Å². The van der Waals surface area contributed by atoms with Crippen LogP contribution >= 0.6 is 0 Å². The maximum absolute atomic E-state index is 13.2. The highest BCUT2D eigenvalue weighted by molar-refractivity contribution is 5.93. The van der Waals surface area contributed by atoms with Crippen molar-refractivity contribution in [2.75, 3.05) is 18.5 Å². The Morgan fingerprint density at radius 3 is 2.26 bits per heavy atom. The molecule has 10 nitrogen and oxygen atoms in total. The topological polar surface area (TPSA) is 132 Å². The first kappa shape index (κ1) is 25.3. The van der Waals surface area contributed by atoms with Crippen molar-refractivity contribution in [3.8, 4) is 0 Å². The van der Waals surface area contributed by atoms with E-state index in [1.165, 1.54) is 0 Å². The van der Waals surface area contributed by atoms with Crippen molar-refractivity contribution in [2.45, 2.75) is 58.2 Å². The van der Waals surface area contributed by atoms with Crippen molar-refractivity contribution in [3.05, 3.63) is 30.3 Å². The van der Waals surface area contributed by atoms with Gasteiger partial charge in [0.15, 0.2) is 0 Å². The fourth-order valence-electron chi connectivity index (χ4n) is 4.79. The Morgan fingerprint density at radius 2 is 1.68 bits per heavy atom. The number of benzene rings is 1. The monoisotopic (exact) mass is 475 g/mol. The van der Waals surface area contributed by atoms with E-state index in [4.69, 9.17) is 14.2 Å². The van der Waals surface area contributed by atoms with Gasteiger partial charge in [0.05, 0.1) is 19.1 Å². The second-order valence-corrected chi connectivity index (χ2v) is 9.47. The smallest absolute Gasteiger partial charge is 0.408 e. The molecule has 0 heterocycles. The highest BCUT2D eigenvalue weighted by Gasteiger charge is 2.76. The van der Waals surface area contributed by atoms with Gasteiger partial charge in [-0.15, -0.1) is 0 Å².